The summed E-state index contributed by atoms with van der Waals surface area (Å²) in [5.41, 5.74) is 1.62. The largest absolute Gasteiger partial charge is 0.332 e. The van der Waals surface area contributed by atoms with E-state index in [-0.39, 0.29) is 18.4 Å². The van der Waals surface area contributed by atoms with Gasteiger partial charge >= 0.3 is 0 Å². The van der Waals surface area contributed by atoms with Gasteiger partial charge in [-0.1, -0.05) is 54.6 Å². The first-order valence-corrected chi connectivity index (χ1v) is 10.7. The molecule has 0 aliphatic rings. The highest BCUT2D eigenvalue weighted by atomic mass is 32.1. The van der Waals surface area contributed by atoms with E-state index < -0.39 is 0 Å². The van der Waals surface area contributed by atoms with E-state index in [1.54, 1.807) is 34.4 Å². The standard InChI is InChI=1S/C25H26N2O2S/c1-3-16-26(25(29)22-12-8-5-9-13-22)19-24(28)27(17-21-10-6-4-7-11-21)18-23-15-14-20(2)30-23/h3-15H,1,16-19H2,2H3. The van der Waals surface area contributed by atoms with Gasteiger partial charge < -0.3 is 9.80 Å². The second kappa shape index (κ2) is 10.6. The summed E-state index contributed by atoms with van der Waals surface area (Å²) in [7, 11) is 0. The highest BCUT2D eigenvalue weighted by Crippen LogP contribution is 2.19. The molecule has 0 aliphatic carbocycles. The van der Waals surface area contributed by atoms with Crippen LogP contribution in [-0.2, 0) is 17.9 Å². The zero-order chi connectivity index (χ0) is 21.3. The number of nitrogens with zero attached hydrogens (tertiary/aromatic N) is 2. The Morgan fingerprint density at radius 2 is 1.57 bits per heavy atom. The van der Waals surface area contributed by atoms with Gasteiger partial charge in [0.05, 0.1) is 6.54 Å². The van der Waals surface area contributed by atoms with Crippen molar-refractivity contribution in [1.29, 1.82) is 0 Å². The molecule has 0 atom stereocenters. The summed E-state index contributed by atoms with van der Waals surface area (Å²) in [6, 6.07) is 23.1. The molecular weight excluding hydrogens is 392 g/mol. The van der Waals surface area contributed by atoms with Crippen molar-refractivity contribution in [2.75, 3.05) is 13.1 Å². The molecule has 0 aliphatic heterocycles. The molecule has 2 aromatic carbocycles. The summed E-state index contributed by atoms with van der Waals surface area (Å²) in [5, 5.41) is 0. The minimum atomic E-state index is -0.171. The van der Waals surface area contributed by atoms with Crippen molar-refractivity contribution in [1.82, 2.24) is 9.80 Å². The van der Waals surface area contributed by atoms with Crippen LogP contribution in [0.15, 0.2) is 85.5 Å². The molecule has 154 valence electrons. The van der Waals surface area contributed by atoms with E-state index in [1.165, 1.54) is 4.88 Å². The van der Waals surface area contributed by atoms with Gasteiger partial charge in [-0.2, -0.15) is 0 Å². The number of hydrogen-bond donors (Lipinski definition) is 0. The Morgan fingerprint density at radius 3 is 2.17 bits per heavy atom. The smallest absolute Gasteiger partial charge is 0.254 e. The molecule has 1 aromatic heterocycles. The first-order valence-electron chi connectivity index (χ1n) is 9.89. The third kappa shape index (κ3) is 5.91. The average Bonchev–Trinajstić information content (AvgIpc) is 3.18. The Balaban J connectivity index is 1.78. The first-order chi connectivity index (χ1) is 14.6. The maximum absolute atomic E-state index is 13.3. The van der Waals surface area contributed by atoms with E-state index >= 15 is 0 Å². The number of thiophene rings is 1. The van der Waals surface area contributed by atoms with Crippen molar-refractivity contribution < 1.29 is 9.59 Å². The van der Waals surface area contributed by atoms with Crippen molar-refractivity contribution in [2.24, 2.45) is 0 Å². The Kier molecular flexibility index (Phi) is 7.57. The minimum absolute atomic E-state index is 0.0109. The Hall–Kier alpha value is -3.18. The number of carbonyl (C=O) groups is 2. The summed E-state index contributed by atoms with van der Waals surface area (Å²) in [4.78, 5) is 31.9. The average molecular weight is 419 g/mol. The van der Waals surface area contributed by atoms with Crippen LogP contribution in [0.3, 0.4) is 0 Å². The molecule has 0 N–H and O–H groups in total. The highest BCUT2D eigenvalue weighted by Gasteiger charge is 2.22. The van der Waals surface area contributed by atoms with Crippen molar-refractivity contribution in [3.05, 3.63) is 106 Å². The molecule has 3 rings (SSSR count). The van der Waals surface area contributed by atoms with E-state index in [2.05, 4.69) is 25.6 Å². The lowest BCUT2D eigenvalue weighted by atomic mass is 10.2. The fraction of sp³-hybridized carbons (Fsp3) is 0.200. The second-order valence-corrected chi connectivity index (χ2v) is 8.46. The zero-order valence-corrected chi connectivity index (χ0v) is 18.0. The number of rotatable bonds is 9. The monoisotopic (exact) mass is 418 g/mol. The summed E-state index contributed by atoms with van der Waals surface area (Å²) >= 11 is 1.69. The van der Waals surface area contributed by atoms with E-state index in [9.17, 15) is 9.59 Å². The number of hydrogen-bond acceptors (Lipinski definition) is 3. The third-order valence-corrected chi connectivity index (χ3v) is 5.68. The summed E-state index contributed by atoms with van der Waals surface area (Å²) in [5.74, 6) is -0.258. The van der Waals surface area contributed by atoms with Gasteiger partial charge in [-0.25, -0.2) is 0 Å². The maximum Gasteiger partial charge on any atom is 0.254 e. The normalized spacial score (nSPS) is 10.4. The summed E-state index contributed by atoms with van der Waals surface area (Å²) in [6.07, 6.45) is 1.65. The molecule has 4 nitrogen and oxygen atoms in total. The molecule has 0 fully saturated rings. The van der Waals surface area contributed by atoms with Crippen molar-refractivity contribution >= 4 is 23.2 Å². The van der Waals surface area contributed by atoms with Crippen LogP contribution in [0.4, 0.5) is 0 Å². The van der Waals surface area contributed by atoms with Gasteiger partial charge in [0, 0.05) is 28.4 Å². The molecule has 0 saturated carbocycles. The lowest BCUT2D eigenvalue weighted by Gasteiger charge is -2.27. The molecule has 0 bridgehead atoms. The Labute approximate surface area is 182 Å². The molecule has 0 spiro atoms. The van der Waals surface area contributed by atoms with Crippen molar-refractivity contribution in [2.45, 2.75) is 20.0 Å². The first kappa shape index (κ1) is 21.5. The van der Waals surface area contributed by atoms with Gasteiger partial charge in [0.1, 0.15) is 6.54 Å². The lowest BCUT2D eigenvalue weighted by Crippen LogP contribution is -2.42. The fourth-order valence-corrected chi connectivity index (χ4v) is 4.10. The number of amides is 2. The molecule has 0 saturated heterocycles. The van der Waals surface area contributed by atoms with Crippen LogP contribution in [-0.4, -0.2) is 34.7 Å². The van der Waals surface area contributed by atoms with Crippen LogP contribution in [0.5, 0.6) is 0 Å². The summed E-state index contributed by atoms with van der Waals surface area (Å²) in [6.45, 7) is 7.15. The lowest BCUT2D eigenvalue weighted by molar-refractivity contribution is -0.133. The molecule has 0 unspecified atom stereocenters. The van der Waals surface area contributed by atoms with Crippen LogP contribution in [0, 0.1) is 6.92 Å². The molecule has 30 heavy (non-hydrogen) atoms. The van der Waals surface area contributed by atoms with E-state index in [0.29, 0.717) is 25.2 Å². The molecule has 1 heterocycles. The molecule has 2 amide bonds. The minimum Gasteiger partial charge on any atom is -0.332 e. The Morgan fingerprint density at radius 1 is 0.900 bits per heavy atom. The van der Waals surface area contributed by atoms with Crippen LogP contribution in [0.25, 0.3) is 0 Å². The SMILES string of the molecule is C=CCN(CC(=O)N(Cc1ccccc1)Cc1ccc(C)s1)C(=O)c1ccccc1. The topological polar surface area (TPSA) is 40.6 Å². The van der Waals surface area contributed by atoms with Gasteiger partial charge in [0.25, 0.3) is 5.91 Å². The second-order valence-electron chi connectivity index (χ2n) is 7.09. The van der Waals surface area contributed by atoms with Gasteiger partial charge in [0.2, 0.25) is 5.91 Å². The fourth-order valence-electron chi connectivity index (χ4n) is 3.20. The van der Waals surface area contributed by atoms with Gasteiger partial charge in [-0.05, 0) is 36.8 Å². The molecular formula is C25H26N2O2S. The van der Waals surface area contributed by atoms with Crippen molar-refractivity contribution in [3.63, 3.8) is 0 Å². The molecule has 0 radical (unpaired) electrons. The quantitative estimate of drug-likeness (QED) is 0.463. The zero-order valence-electron chi connectivity index (χ0n) is 17.2. The Bertz CT molecular complexity index is 983. The van der Waals surface area contributed by atoms with Crippen LogP contribution in [0.2, 0.25) is 0 Å². The predicted octanol–water partition coefficient (Wildman–Crippen LogP) is 4.91. The van der Waals surface area contributed by atoms with E-state index in [1.807, 2.05) is 53.4 Å². The predicted molar refractivity (Wildman–Crippen MR) is 122 cm³/mol. The molecule has 3 aromatic rings. The number of aryl methyl sites for hydroxylation is 1. The van der Waals surface area contributed by atoms with E-state index in [0.717, 1.165) is 10.4 Å². The third-order valence-electron chi connectivity index (χ3n) is 4.70. The molecule has 5 heteroatoms. The van der Waals surface area contributed by atoms with Crippen LogP contribution in [0.1, 0.15) is 25.7 Å². The van der Waals surface area contributed by atoms with Crippen LogP contribution < -0.4 is 0 Å². The highest BCUT2D eigenvalue weighted by molar-refractivity contribution is 7.11. The van der Waals surface area contributed by atoms with Gasteiger partial charge in [-0.3, -0.25) is 9.59 Å². The number of carbonyl (C=O) groups excluding carboxylic acids is 2. The van der Waals surface area contributed by atoms with Crippen LogP contribution >= 0.6 is 11.3 Å². The maximum atomic E-state index is 13.3. The van der Waals surface area contributed by atoms with E-state index in [4.69, 9.17) is 0 Å². The van der Waals surface area contributed by atoms with Gasteiger partial charge in [-0.15, -0.1) is 17.9 Å². The number of benzene rings is 2. The summed E-state index contributed by atoms with van der Waals surface area (Å²) < 4.78 is 0. The van der Waals surface area contributed by atoms with Gasteiger partial charge in [0.15, 0.2) is 0 Å². The van der Waals surface area contributed by atoms with Crippen molar-refractivity contribution in [3.8, 4) is 0 Å².